The lowest BCUT2D eigenvalue weighted by Crippen LogP contribution is -2.02. The summed E-state index contributed by atoms with van der Waals surface area (Å²) < 4.78 is 2.09. The summed E-state index contributed by atoms with van der Waals surface area (Å²) in [6.45, 7) is 7.30. The smallest absolute Gasteiger partial charge is 0.201 e. The molecule has 0 bridgehead atoms. The van der Waals surface area contributed by atoms with Crippen molar-refractivity contribution in [2.75, 3.05) is 5.73 Å². The first-order valence-corrected chi connectivity index (χ1v) is 5.36. The summed E-state index contributed by atoms with van der Waals surface area (Å²) in [5.41, 5.74) is 10.6. The van der Waals surface area contributed by atoms with Crippen LogP contribution in [-0.4, -0.2) is 9.55 Å². The van der Waals surface area contributed by atoms with Gasteiger partial charge in [-0.3, -0.25) is 0 Å². The van der Waals surface area contributed by atoms with Crippen molar-refractivity contribution >= 4 is 17.0 Å². The molecule has 15 heavy (non-hydrogen) atoms. The molecule has 3 nitrogen and oxygen atoms in total. The topological polar surface area (TPSA) is 43.8 Å². The van der Waals surface area contributed by atoms with E-state index in [9.17, 15) is 0 Å². The third kappa shape index (κ3) is 1.58. The molecule has 1 aromatic heterocycles. The van der Waals surface area contributed by atoms with Gasteiger partial charge in [0.05, 0.1) is 11.0 Å². The Labute approximate surface area is 89.9 Å². The highest BCUT2D eigenvalue weighted by molar-refractivity contribution is 5.80. The molecule has 1 aromatic carbocycles. The lowest BCUT2D eigenvalue weighted by molar-refractivity contribution is 0.706. The van der Waals surface area contributed by atoms with Crippen LogP contribution in [-0.2, 0) is 6.54 Å². The lowest BCUT2D eigenvalue weighted by Gasteiger charge is -2.05. The molecule has 0 amide bonds. The zero-order valence-corrected chi connectivity index (χ0v) is 9.54. The maximum atomic E-state index is 5.89. The van der Waals surface area contributed by atoms with Crippen LogP contribution in [0.25, 0.3) is 11.0 Å². The number of imidazole rings is 1. The molecule has 0 unspecified atom stereocenters. The highest BCUT2D eigenvalue weighted by Gasteiger charge is 2.08. The molecule has 1 heterocycles. The van der Waals surface area contributed by atoms with E-state index in [-0.39, 0.29) is 0 Å². The van der Waals surface area contributed by atoms with Crippen LogP contribution in [0.2, 0.25) is 0 Å². The number of aromatic nitrogens is 2. The average Bonchev–Trinajstić information content (AvgIpc) is 2.46. The largest absolute Gasteiger partial charge is 0.369 e. The van der Waals surface area contributed by atoms with Crippen molar-refractivity contribution < 1.29 is 0 Å². The first kappa shape index (κ1) is 10.0. The molecule has 2 N–H and O–H groups in total. The SMILES string of the molecule is CCCn1c(N)nc2cc(C)c(C)cc21. The Morgan fingerprint density at radius 2 is 1.93 bits per heavy atom. The third-order valence-electron chi connectivity index (χ3n) is 2.84. The Hall–Kier alpha value is -1.51. The normalized spacial score (nSPS) is 11.1. The molecule has 0 aliphatic heterocycles. The highest BCUT2D eigenvalue weighted by atomic mass is 15.1. The van der Waals surface area contributed by atoms with Gasteiger partial charge in [0.1, 0.15) is 0 Å². The Balaban J connectivity index is 2.70. The van der Waals surface area contributed by atoms with Crippen LogP contribution >= 0.6 is 0 Å². The van der Waals surface area contributed by atoms with Crippen molar-refractivity contribution in [2.45, 2.75) is 33.7 Å². The van der Waals surface area contributed by atoms with Crippen LogP contribution in [0.15, 0.2) is 12.1 Å². The minimum absolute atomic E-state index is 0.622. The van der Waals surface area contributed by atoms with Crippen molar-refractivity contribution in [3.63, 3.8) is 0 Å². The summed E-state index contributed by atoms with van der Waals surface area (Å²) in [5.74, 6) is 0.622. The zero-order valence-electron chi connectivity index (χ0n) is 9.54. The summed E-state index contributed by atoms with van der Waals surface area (Å²) in [4.78, 5) is 4.37. The number of nitrogens with zero attached hydrogens (tertiary/aromatic N) is 2. The van der Waals surface area contributed by atoms with Crippen molar-refractivity contribution in [3.05, 3.63) is 23.3 Å². The molecule has 0 radical (unpaired) electrons. The van der Waals surface area contributed by atoms with Crippen LogP contribution in [0.1, 0.15) is 24.5 Å². The Morgan fingerprint density at radius 1 is 1.27 bits per heavy atom. The molecular weight excluding hydrogens is 186 g/mol. The molecule has 0 aliphatic rings. The molecule has 0 spiro atoms. The van der Waals surface area contributed by atoms with E-state index in [0.29, 0.717) is 5.95 Å². The van der Waals surface area contributed by atoms with Crippen molar-refractivity contribution in [2.24, 2.45) is 0 Å². The van der Waals surface area contributed by atoms with E-state index in [1.807, 2.05) is 0 Å². The van der Waals surface area contributed by atoms with E-state index < -0.39 is 0 Å². The Bertz CT molecular complexity index is 497. The van der Waals surface area contributed by atoms with Gasteiger partial charge < -0.3 is 10.3 Å². The number of nitrogens with two attached hydrogens (primary N) is 1. The van der Waals surface area contributed by atoms with Crippen LogP contribution in [0, 0.1) is 13.8 Å². The fourth-order valence-corrected chi connectivity index (χ4v) is 1.86. The standard InChI is InChI=1S/C12H17N3/c1-4-5-15-11-7-9(3)8(2)6-10(11)14-12(15)13/h6-7H,4-5H2,1-3H3,(H2,13,14). The second-order valence-electron chi connectivity index (χ2n) is 4.05. The van der Waals surface area contributed by atoms with Crippen molar-refractivity contribution in [1.82, 2.24) is 9.55 Å². The number of nitrogen functional groups attached to an aromatic ring is 1. The quantitative estimate of drug-likeness (QED) is 0.815. The molecule has 0 saturated heterocycles. The molecule has 80 valence electrons. The number of benzene rings is 1. The van der Waals surface area contributed by atoms with Crippen LogP contribution in [0.4, 0.5) is 5.95 Å². The summed E-state index contributed by atoms with van der Waals surface area (Å²) in [5, 5.41) is 0. The van der Waals surface area contributed by atoms with Gasteiger partial charge in [0.25, 0.3) is 0 Å². The first-order chi connectivity index (χ1) is 7.13. The predicted octanol–water partition coefficient (Wildman–Crippen LogP) is 2.65. The summed E-state index contributed by atoms with van der Waals surface area (Å²) in [7, 11) is 0. The molecule has 0 atom stereocenters. The fourth-order valence-electron chi connectivity index (χ4n) is 1.86. The minimum Gasteiger partial charge on any atom is -0.369 e. The summed E-state index contributed by atoms with van der Waals surface area (Å²) in [6, 6.07) is 4.27. The fraction of sp³-hybridized carbons (Fsp3) is 0.417. The second kappa shape index (κ2) is 3.57. The van der Waals surface area contributed by atoms with E-state index >= 15 is 0 Å². The minimum atomic E-state index is 0.622. The number of rotatable bonds is 2. The van der Waals surface area contributed by atoms with Gasteiger partial charge in [-0.1, -0.05) is 6.92 Å². The van der Waals surface area contributed by atoms with Crippen molar-refractivity contribution in [1.29, 1.82) is 0 Å². The third-order valence-corrected chi connectivity index (χ3v) is 2.84. The number of aryl methyl sites for hydroxylation is 3. The first-order valence-electron chi connectivity index (χ1n) is 5.36. The highest BCUT2D eigenvalue weighted by Crippen LogP contribution is 2.21. The second-order valence-corrected chi connectivity index (χ2v) is 4.05. The van der Waals surface area contributed by atoms with Gasteiger partial charge in [0, 0.05) is 6.54 Å². The van der Waals surface area contributed by atoms with E-state index in [0.717, 1.165) is 24.0 Å². The molecule has 3 heteroatoms. The van der Waals surface area contributed by atoms with E-state index in [4.69, 9.17) is 5.73 Å². The zero-order chi connectivity index (χ0) is 11.0. The molecule has 0 aliphatic carbocycles. The maximum absolute atomic E-state index is 5.89. The number of anilines is 1. The maximum Gasteiger partial charge on any atom is 0.201 e. The lowest BCUT2D eigenvalue weighted by atomic mass is 10.1. The predicted molar refractivity (Wildman–Crippen MR) is 63.9 cm³/mol. The molecule has 0 saturated carbocycles. The summed E-state index contributed by atoms with van der Waals surface area (Å²) >= 11 is 0. The molecular formula is C12H17N3. The average molecular weight is 203 g/mol. The van der Waals surface area contributed by atoms with Gasteiger partial charge in [0.2, 0.25) is 5.95 Å². The van der Waals surface area contributed by atoms with Gasteiger partial charge >= 0.3 is 0 Å². The van der Waals surface area contributed by atoms with Crippen molar-refractivity contribution in [3.8, 4) is 0 Å². The molecule has 2 aromatic rings. The van der Waals surface area contributed by atoms with E-state index in [1.165, 1.54) is 11.1 Å². The van der Waals surface area contributed by atoms with Crippen LogP contribution < -0.4 is 5.73 Å². The number of hydrogen-bond donors (Lipinski definition) is 1. The number of fused-ring (bicyclic) bond motifs is 1. The molecule has 2 rings (SSSR count). The van der Waals surface area contributed by atoms with Gasteiger partial charge in [-0.05, 0) is 43.5 Å². The van der Waals surface area contributed by atoms with Gasteiger partial charge in [-0.25, -0.2) is 4.98 Å². The van der Waals surface area contributed by atoms with Gasteiger partial charge in [-0.2, -0.15) is 0 Å². The van der Waals surface area contributed by atoms with Gasteiger partial charge in [0.15, 0.2) is 0 Å². The van der Waals surface area contributed by atoms with Crippen LogP contribution in [0.5, 0.6) is 0 Å². The van der Waals surface area contributed by atoms with Crippen LogP contribution in [0.3, 0.4) is 0 Å². The van der Waals surface area contributed by atoms with E-state index in [2.05, 4.69) is 42.5 Å². The Kier molecular flexibility index (Phi) is 2.39. The molecule has 0 fully saturated rings. The van der Waals surface area contributed by atoms with Gasteiger partial charge in [-0.15, -0.1) is 0 Å². The monoisotopic (exact) mass is 203 g/mol. The Morgan fingerprint density at radius 3 is 2.60 bits per heavy atom. The van der Waals surface area contributed by atoms with E-state index in [1.54, 1.807) is 0 Å². The summed E-state index contributed by atoms with van der Waals surface area (Å²) in [6.07, 6.45) is 1.07. The number of hydrogen-bond acceptors (Lipinski definition) is 2.